The van der Waals surface area contributed by atoms with Crippen LogP contribution in [0.2, 0.25) is 5.02 Å². The lowest BCUT2D eigenvalue weighted by Gasteiger charge is -2.08. The molecule has 0 aliphatic rings. The van der Waals surface area contributed by atoms with Gasteiger partial charge in [0.2, 0.25) is 0 Å². The van der Waals surface area contributed by atoms with Crippen molar-refractivity contribution in [1.29, 1.82) is 0 Å². The number of anilines is 2. The molecule has 0 spiro atoms. The SMILES string of the molecule is Nc1ccc(C(=O)OCc2cc(Cl)ccc2F)c(N)c1. The smallest absolute Gasteiger partial charge is 0.340 e. The molecule has 0 fully saturated rings. The van der Waals surface area contributed by atoms with Crippen molar-refractivity contribution in [2.75, 3.05) is 11.5 Å². The lowest BCUT2D eigenvalue weighted by molar-refractivity contribution is 0.0470. The highest BCUT2D eigenvalue weighted by molar-refractivity contribution is 6.30. The molecule has 6 heteroatoms. The fraction of sp³-hybridized carbons (Fsp3) is 0.0714. The number of ether oxygens (including phenoxy) is 1. The van der Waals surface area contributed by atoms with Crippen LogP contribution in [-0.2, 0) is 11.3 Å². The molecule has 0 radical (unpaired) electrons. The van der Waals surface area contributed by atoms with Gasteiger partial charge in [0.15, 0.2) is 0 Å². The van der Waals surface area contributed by atoms with Crippen LogP contribution in [0.1, 0.15) is 15.9 Å². The number of halogens is 2. The molecular formula is C14H12ClFN2O2. The van der Waals surface area contributed by atoms with Crippen LogP contribution in [0.25, 0.3) is 0 Å². The maximum Gasteiger partial charge on any atom is 0.340 e. The lowest BCUT2D eigenvalue weighted by Crippen LogP contribution is -2.09. The molecule has 0 atom stereocenters. The van der Waals surface area contributed by atoms with Gasteiger partial charge in [-0.15, -0.1) is 0 Å². The highest BCUT2D eigenvalue weighted by Crippen LogP contribution is 2.19. The Labute approximate surface area is 120 Å². The zero-order chi connectivity index (χ0) is 14.7. The molecule has 0 aliphatic carbocycles. The summed E-state index contributed by atoms with van der Waals surface area (Å²) in [5, 5.41) is 0.365. The van der Waals surface area contributed by atoms with E-state index in [0.29, 0.717) is 10.7 Å². The van der Waals surface area contributed by atoms with Crippen LogP contribution in [0.15, 0.2) is 36.4 Å². The van der Waals surface area contributed by atoms with Crippen LogP contribution in [0.3, 0.4) is 0 Å². The van der Waals surface area contributed by atoms with Crippen molar-refractivity contribution >= 4 is 28.9 Å². The second-order valence-electron chi connectivity index (χ2n) is 4.16. The largest absolute Gasteiger partial charge is 0.457 e. The highest BCUT2D eigenvalue weighted by Gasteiger charge is 2.13. The normalized spacial score (nSPS) is 10.3. The van der Waals surface area contributed by atoms with Crippen molar-refractivity contribution in [3.8, 4) is 0 Å². The van der Waals surface area contributed by atoms with Gasteiger partial charge in [0, 0.05) is 22.0 Å². The van der Waals surface area contributed by atoms with Gasteiger partial charge in [-0.3, -0.25) is 0 Å². The maximum absolute atomic E-state index is 13.5. The van der Waals surface area contributed by atoms with E-state index in [1.54, 1.807) is 0 Å². The fourth-order valence-electron chi connectivity index (χ4n) is 1.64. The molecule has 0 saturated carbocycles. The number of carbonyl (C=O) groups excluding carboxylic acids is 1. The van der Waals surface area contributed by atoms with Crippen LogP contribution in [-0.4, -0.2) is 5.97 Å². The Morgan fingerprint density at radius 1 is 1.20 bits per heavy atom. The van der Waals surface area contributed by atoms with E-state index in [0.717, 1.165) is 0 Å². The third-order valence-electron chi connectivity index (χ3n) is 2.66. The molecule has 104 valence electrons. The standard InChI is InChI=1S/C14H12ClFN2O2/c15-9-1-4-12(16)8(5-9)7-20-14(19)11-3-2-10(17)6-13(11)18/h1-6H,7,17-18H2. The van der Waals surface area contributed by atoms with E-state index in [2.05, 4.69) is 0 Å². The van der Waals surface area contributed by atoms with Crippen molar-refractivity contribution in [1.82, 2.24) is 0 Å². The van der Waals surface area contributed by atoms with Gasteiger partial charge in [-0.05, 0) is 36.4 Å². The van der Waals surface area contributed by atoms with E-state index in [-0.39, 0.29) is 23.4 Å². The first-order chi connectivity index (χ1) is 9.47. The molecule has 2 rings (SSSR count). The third-order valence-corrected chi connectivity index (χ3v) is 2.90. The first-order valence-electron chi connectivity index (χ1n) is 5.73. The molecule has 20 heavy (non-hydrogen) atoms. The number of hydrogen-bond donors (Lipinski definition) is 2. The zero-order valence-electron chi connectivity index (χ0n) is 10.4. The highest BCUT2D eigenvalue weighted by atomic mass is 35.5. The van der Waals surface area contributed by atoms with Gasteiger partial charge >= 0.3 is 5.97 Å². The van der Waals surface area contributed by atoms with Gasteiger partial charge in [-0.1, -0.05) is 11.6 Å². The molecule has 0 bridgehead atoms. The van der Waals surface area contributed by atoms with E-state index in [9.17, 15) is 9.18 Å². The van der Waals surface area contributed by atoms with Crippen LogP contribution in [0.5, 0.6) is 0 Å². The minimum atomic E-state index is -0.651. The minimum absolute atomic E-state index is 0.182. The summed E-state index contributed by atoms with van der Waals surface area (Å²) in [6.45, 7) is -0.227. The summed E-state index contributed by atoms with van der Waals surface area (Å²) >= 11 is 5.75. The molecule has 0 aliphatic heterocycles. The second kappa shape index (κ2) is 5.79. The van der Waals surface area contributed by atoms with Crippen LogP contribution in [0.4, 0.5) is 15.8 Å². The van der Waals surface area contributed by atoms with Crippen LogP contribution in [0, 0.1) is 5.82 Å². The van der Waals surface area contributed by atoms with Crippen molar-refractivity contribution in [3.05, 3.63) is 58.4 Å². The van der Waals surface area contributed by atoms with Crippen molar-refractivity contribution < 1.29 is 13.9 Å². The van der Waals surface area contributed by atoms with Gasteiger partial charge < -0.3 is 16.2 Å². The summed E-state index contributed by atoms with van der Waals surface area (Å²) in [4.78, 5) is 11.8. The number of carbonyl (C=O) groups is 1. The summed E-state index contributed by atoms with van der Waals surface area (Å²) < 4.78 is 18.5. The Kier molecular flexibility index (Phi) is 4.10. The quantitative estimate of drug-likeness (QED) is 0.674. The predicted octanol–water partition coefficient (Wildman–Crippen LogP) is 3.00. The van der Waals surface area contributed by atoms with E-state index >= 15 is 0 Å². The van der Waals surface area contributed by atoms with Gasteiger partial charge in [0.25, 0.3) is 0 Å². The predicted molar refractivity (Wildman–Crippen MR) is 75.8 cm³/mol. The Hall–Kier alpha value is -2.27. The molecule has 0 unspecified atom stereocenters. The zero-order valence-corrected chi connectivity index (χ0v) is 11.2. The second-order valence-corrected chi connectivity index (χ2v) is 4.59. The summed E-state index contributed by atoms with van der Waals surface area (Å²) in [5.74, 6) is -1.14. The Morgan fingerprint density at radius 3 is 2.65 bits per heavy atom. The van der Waals surface area contributed by atoms with Crippen molar-refractivity contribution in [2.24, 2.45) is 0 Å². The third kappa shape index (κ3) is 3.19. The average molecular weight is 295 g/mol. The Bertz CT molecular complexity index is 662. The number of nitrogens with two attached hydrogens (primary N) is 2. The number of esters is 1. The fourth-order valence-corrected chi connectivity index (χ4v) is 1.84. The summed E-state index contributed by atoms with van der Waals surface area (Å²) in [7, 11) is 0. The van der Waals surface area contributed by atoms with Gasteiger partial charge in [-0.25, -0.2) is 9.18 Å². The van der Waals surface area contributed by atoms with Crippen LogP contribution >= 0.6 is 11.6 Å². The number of rotatable bonds is 3. The molecule has 4 N–H and O–H groups in total. The number of hydrogen-bond acceptors (Lipinski definition) is 4. The van der Waals surface area contributed by atoms with E-state index < -0.39 is 11.8 Å². The molecule has 2 aromatic carbocycles. The van der Waals surface area contributed by atoms with E-state index in [1.807, 2.05) is 0 Å². The lowest BCUT2D eigenvalue weighted by atomic mass is 10.1. The first kappa shape index (κ1) is 14.1. The Balaban J connectivity index is 2.10. The molecule has 0 saturated heterocycles. The van der Waals surface area contributed by atoms with Gasteiger partial charge in [0.05, 0.1) is 5.56 Å². The van der Waals surface area contributed by atoms with Gasteiger partial charge in [0.1, 0.15) is 12.4 Å². The summed E-state index contributed by atoms with van der Waals surface area (Å²) in [5.41, 5.74) is 12.2. The minimum Gasteiger partial charge on any atom is -0.457 e. The average Bonchev–Trinajstić information content (AvgIpc) is 2.39. The monoisotopic (exact) mass is 294 g/mol. The first-order valence-corrected chi connectivity index (χ1v) is 6.11. The van der Waals surface area contributed by atoms with Crippen LogP contribution < -0.4 is 11.5 Å². The topological polar surface area (TPSA) is 78.3 Å². The number of nitrogen functional groups attached to an aromatic ring is 2. The molecule has 0 aromatic heterocycles. The van der Waals surface area contributed by atoms with E-state index in [1.165, 1.54) is 36.4 Å². The molecule has 2 aromatic rings. The van der Waals surface area contributed by atoms with E-state index in [4.69, 9.17) is 27.8 Å². The van der Waals surface area contributed by atoms with Crippen molar-refractivity contribution in [2.45, 2.75) is 6.61 Å². The molecule has 4 nitrogen and oxygen atoms in total. The molecular weight excluding hydrogens is 283 g/mol. The molecule has 0 heterocycles. The number of benzene rings is 2. The van der Waals surface area contributed by atoms with Gasteiger partial charge in [-0.2, -0.15) is 0 Å². The molecule has 0 amide bonds. The summed E-state index contributed by atoms with van der Waals surface area (Å²) in [6.07, 6.45) is 0. The Morgan fingerprint density at radius 2 is 1.95 bits per heavy atom. The van der Waals surface area contributed by atoms with Crippen molar-refractivity contribution in [3.63, 3.8) is 0 Å². The maximum atomic E-state index is 13.5. The summed E-state index contributed by atoms with van der Waals surface area (Å²) in [6, 6.07) is 8.48.